The van der Waals surface area contributed by atoms with Crippen LogP contribution >= 0.6 is 11.8 Å². The summed E-state index contributed by atoms with van der Waals surface area (Å²) in [5, 5.41) is 0.476. The number of benzene rings is 3. The van der Waals surface area contributed by atoms with Crippen molar-refractivity contribution in [1.29, 1.82) is 0 Å². The molecule has 6 rings (SSSR count). The number of methoxy groups -OCH3 is 1. The van der Waals surface area contributed by atoms with E-state index in [1.54, 1.807) is 19.2 Å². The first-order valence-electron chi connectivity index (χ1n) is 16.9. The van der Waals surface area contributed by atoms with Crippen molar-refractivity contribution in [2.75, 3.05) is 33.4 Å². The van der Waals surface area contributed by atoms with E-state index in [2.05, 4.69) is 9.88 Å². The van der Waals surface area contributed by atoms with E-state index in [1.165, 1.54) is 36.0 Å². The Morgan fingerprint density at radius 1 is 0.940 bits per heavy atom. The number of alkyl halides is 3. The van der Waals surface area contributed by atoms with E-state index in [0.717, 1.165) is 73.4 Å². The van der Waals surface area contributed by atoms with Crippen molar-refractivity contribution in [3.05, 3.63) is 117 Å². The van der Waals surface area contributed by atoms with Gasteiger partial charge in [-0.15, -0.1) is 0 Å². The molecule has 3 aromatic carbocycles. The SMILES string of the molecule is COCCN1CCC(N(Cc2ccc(-c3ccc(C(F)(F)F)cc3)cc2)C(=O)Cn2c(SCc3ccc(F)cc3)nc(=O)c3c2CCC3)CC1. The number of piperidine rings is 1. The summed E-state index contributed by atoms with van der Waals surface area (Å²) in [5.74, 6) is 0.0698. The van der Waals surface area contributed by atoms with Gasteiger partial charge in [0.15, 0.2) is 5.16 Å². The Kier molecular flexibility index (Phi) is 11.4. The van der Waals surface area contributed by atoms with Crippen LogP contribution in [0.1, 0.15) is 47.2 Å². The molecular formula is C38H40F4N4O3S. The summed E-state index contributed by atoms with van der Waals surface area (Å²) in [6.45, 7) is 3.53. The molecule has 264 valence electrons. The molecule has 1 amide bonds. The van der Waals surface area contributed by atoms with Gasteiger partial charge in [-0.05, 0) is 78.6 Å². The normalized spacial score (nSPS) is 15.3. The minimum atomic E-state index is -4.40. The number of carbonyl (C=O) groups excluding carboxylic acids is 1. The first-order valence-corrected chi connectivity index (χ1v) is 17.8. The van der Waals surface area contributed by atoms with Crippen LogP contribution in [0.2, 0.25) is 0 Å². The second kappa shape index (κ2) is 15.9. The van der Waals surface area contributed by atoms with Gasteiger partial charge in [0.2, 0.25) is 5.91 Å². The molecule has 0 atom stereocenters. The summed E-state index contributed by atoms with van der Waals surface area (Å²) in [4.78, 5) is 36.1. The molecule has 4 aromatic rings. The molecule has 50 heavy (non-hydrogen) atoms. The number of rotatable bonds is 12. The average molecular weight is 709 g/mol. The number of hydrogen-bond acceptors (Lipinski definition) is 6. The number of carbonyl (C=O) groups is 1. The number of ether oxygens (including phenoxy) is 1. The molecule has 0 bridgehead atoms. The summed E-state index contributed by atoms with van der Waals surface area (Å²) in [5.41, 5.74) is 3.82. The number of amides is 1. The summed E-state index contributed by atoms with van der Waals surface area (Å²) in [7, 11) is 1.69. The zero-order chi connectivity index (χ0) is 35.3. The minimum absolute atomic E-state index is 0.00779. The fraction of sp³-hybridized carbons (Fsp3) is 0.395. The molecule has 1 saturated heterocycles. The molecule has 0 radical (unpaired) electrons. The van der Waals surface area contributed by atoms with Crippen LogP contribution in [0.25, 0.3) is 11.1 Å². The number of halogens is 4. The largest absolute Gasteiger partial charge is 0.416 e. The fourth-order valence-corrected chi connectivity index (χ4v) is 7.73. The maximum Gasteiger partial charge on any atom is 0.416 e. The number of hydrogen-bond donors (Lipinski definition) is 0. The summed E-state index contributed by atoms with van der Waals surface area (Å²) in [6.07, 6.45) is -0.661. The molecule has 0 unspecified atom stereocenters. The van der Waals surface area contributed by atoms with Crippen molar-refractivity contribution in [2.24, 2.45) is 0 Å². The maximum absolute atomic E-state index is 14.4. The van der Waals surface area contributed by atoms with Gasteiger partial charge in [0, 0.05) is 56.3 Å². The van der Waals surface area contributed by atoms with Crippen molar-refractivity contribution < 1.29 is 27.1 Å². The van der Waals surface area contributed by atoms with Gasteiger partial charge in [-0.3, -0.25) is 9.59 Å². The van der Waals surface area contributed by atoms with Gasteiger partial charge >= 0.3 is 6.18 Å². The molecule has 2 heterocycles. The highest BCUT2D eigenvalue weighted by Gasteiger charge is 2.31. The lowest BCUT2D eigenvalue weighted by atomic mass is 10.00. The molecule has 1 aliphatic heterocycles. The second-order valence-electron chi connectivity index (χ2n) is 12.8. The van der Waals surface area contributed by atoms with Crippen LogP contribution in [-0.4, -0.2) is 64.7 Å². The van der Waals surface area contributed by atoms with E-state index in [4.69, 9.17) is 4.74 Å². The molecule has 7 nitrogen and oxygen atoms in total. The van der Waals surface area contributed by atoms with Crippen molar-refractivity contribution in [2.45, 2.75) is 68.3 Å². The molecular weight excluding hydrogens is 669 g/mol. The van der Waals surface area contributed by atoms with Gasteiger partial charge in [-0.2, -0.15) is 18.2 Å². The van der Waals surface area contributed by atoms with Gasteiger partial charge in [-0.25, -0.2) is 4.39 Å². The van der Waals surface area contributed by atoms with Crippen molar-refractivity contribution in [3.63, 3.8) is 0 Å². The lowest BCUT2D eigenvalue weighted by Gasteiger charge is -2.39. The molecule has 0 N–H and O–H groups in total. The van der Waals surface area contributed by atoms with Crippen molar-refractivity contribution in [3.8, 4) is 11.1 Å². The Hall–Kier alpha value is -4.00. The summed E-state index contributed by atoms with van der Waals surface area (Å²) < 4.78 is 59.9. The van der Waals surface area contributed by atoms with E-state index < -0.39 is 11.7 Å². The molecule has 1 fully saturated rings. The Labute approximate surface area is 293 Å². The summed E-state index contributed by atoms with van der Waals surface area (Å²) >= 11 is 1.37. The first-order chi connectivity index (χ1) is 24.1. The Morgan fingerprint density at radius 3 is 2.22 bits per heavy atom. The summed E-state index contributed by atoms with van der Waals surface area (Å²) in [6, 6.07) is 18.9. The van der Waals surface area contributed by atoms with Crippen LogP contribution in [-0.2, 0) is 47.4 Å². The van der Waals surface area contributed by atoms with Crippen LogP contribution in [0.15, 0.2) is 82.7 Å². The highest BCUT2D eigenvalue weighted by molar-refractivity contribution is 7.98. The van der Waals surface area contributed by atoms with Crippen LogP contribution in [0, 0.1) is 5.82 Å². The predicted molar refractivity (Wildman–Crippen MR) is 185 cm³/mol. The third kappa shape index (κ3) is 8.65. The second-order valence-corrected chi connectivity index (χ2v) is 13.8. The van der Waals surface area contributed by atoms with Gasteiger partial charge < -0.3 is 19.1 Å². The Bertz CT molecular complexity index is 1820. The van der Waals surface area contributed by atoms with E-state index in [0.29, 0.717) is 48.0 Å². The number of nitrogens with zero attached hydrogens (tertiary/aromatic N) is 4. The first kappa shape index (κ1) is 35.8. The zero-order valence-electron chi connectivity index (χ0n) is 27.9. The number of aromatic nitrogens is 2. The van der Waals surface area contributed by atoms with Crippen LogP contribution in [0.5, 0.6) is 0 Å². The van der Waals surface area contributed by atoms with Crippen LogP contribution < -0.4 is 5.56 Å². The van der Waals surface area contributed by atoms with Gasteiger partial charge in [0.1, 0.15) is 12.4 Å². The molecule has 1 aromatic heterocycles. The highest BCUT2D eigenvalue weighted by atomic mass is 32.2. The third-order valence-electron chi connectivity index (χ3n) is 9.56. The Morgan fingerprint density at radius 2 is 1.58 bits per heavy atom. The predicted octanol–water partition coefficient (Wildman–Crippen LogP) is 6.99. The van der Waals surface area contributed by atoms with E-state index in [1.807, 2.05) is 33.7 Å². The molecule has 2 aliphatic rings. The monoisotopic (exact) mass is 708 g/mol. The average Bonchev–Trinajstić information content (AvgIpc) is 3.62. The lowest BCUT2D eigenvalue weighted by molar-refractivity contribution is -0.138. The van der Waals surface area contributed by atoms with Crippen molar-refractivity contribution >= 4 is 17.7 Å². The highest BCUT2D eigenvalue weighted by Crippen LogP contribution is 2.32. The zero-order valence-corrected chi connectivity index (χ0v) is 28.7. The van der Waals surface area contributed by atoms with Crippen molar-refractivity contribution in [1.82, 2.24) is 19.4 Å². The smallest absolute Gasteiger partial charge is 0.383 e. The standard InChI is InChI=1S/C38H40F4N4O3S/c1-49-22-21-44-19-17-32(18-20-44)45(23-26-5-9-28(10-6-26)29-11-13-30(14-12-29)38(40,41)42)35(47)24-46-34-4-2-3-33(34)36(48)43-37(46)50-25-27-7-15-31(39)16-8-27/h5-16,32H,2-4,17-25H2,1H3. The van der Waals surface area contributed by atoms with Gasteiger partial charge in [0.25, 0.3) is 5.56 Å². The topological polar surface area (TPSA) is 67.7 Å². The molecule has 12 heteroatoms. The third-order valence-corrected chi connectivity index (χ3v) is 10.6. The molecule has 0 spiro atoms. The van der Waals surface area contributed by atoms with E-state index in [9.17, 15) is 27.2 Å². The van der Waals surface area contributed by atoms with Gasteiger partial charge in [-0.1, -0.05) is 60.3 Å². The molecule has 0 saturated carbocycles. The molecule has 1 aliphatic carbocycles. The Balaban J connectivity index is 1.24. The number of fused-ring (bicyclic) bond motifs is 1. The maximum atomic E-state index is 14.4. The lowest BCUT2D eigenvalue weighted by Crippen LogP contribution is -2.48. The fourth-order valence-electron chi connectivity index (χ4n) is 6.76. The van der Waals surface area contributed by atoms with Crippen LogP contribution in [0.4, 0.5) is 17.6 Å². The van der Waals surface area contributed by atoms with E-state index >= 15 is 0 Å². The number of thioether (sulfide) groups is 1. The van der Waals surface area contributed by atoms with Gasteiger partial charge in [0.05, 0.1) is 12.2 Å². The quantitative estimate of drug-likeness (QED) is 0.0899. The van der Waals surface area contributed by atoms with Crippen LogP contribution in [0.3, 0.4) is 0 Å². The number of likely N-dealkylation sites (tertiary alicyclic amines) is 1. The minimum Gasteiger partial charge on any atom is -0.383 e. The van der Waals surface area contributed by atoms with E-state index in [-0.39, 0.29) is 29.9 Å².